The molecular formula is C50H76NO12P. The molecule has 0 saturated carbocycles. The van der Waals surface area contributed by atoms with E-state index in [0.717, 1.165) is 32.1 Å². The van der Waals surface area contributed by atoms with Gasteiger partial charge in [-0.05, 0) is 77.0 Å². The minimum Gasteiger partial charge on any atom is -0.480 e. The molecule has 0 fully saturated rings. The molecule has 64 heavy (non-hydrogen) atoms. The molecule has 6 N–H and O–H groups in total. The lowest BCUT2D eigenvalue weighted by Gasteiger charge is -2.20. The molecular weight excluding hydrogens is 838 g/mol. The lowest BCUT2D eigenvalue weighted by molar-refractivity contribution is -0.161. The first-order chi connectivity index (χ1) is 30.9. The smallest absolute Gasteiger partial charge is 0.472 e. The van der Waals surface area contributed by atoms with Crippen LogP contribution >= 0.6 is 7.82 Å². The molecule has 0 bridgehead atoms. The number of carboxylic acids is 1. The van der Waals surface area contributed by atoms with Crippen LogP contribution in [-0.2, 0) is 37.5 Å². The SMILES string of the molecule is CC/C=C\C[C@H](O)/C=C/C=C\C/C=C\C=C\[C@H](O)/C=C\CCCC(=O)O[C@H](COC(=O)CC/C=C\C/C=C\C/C=C\C/C=C\C/C=C\CCCCC)COP(=O)(O)OC[C@H](N)C(=O)O. The Bertz CT molecular complexity index is 1620. The minimum atomic E-state index is -4.80. The molecule has 0 aliphatic rings. The normalized spacial score (nSPS) is 15.8. The second-order valence-corrected chi connectivity index (χ2v) is 15.9. The number of allylic oxidation sites excluding steroid dienone is 18. The number of phosphoric ester groups is 1. The van der Waals surface area contributed by atoms with Crippen molar-refractivity contribution in [2.75, 3.05) is 19.8 Å². The van der Waals surface area contributed by atoms with Gasteiger partial charge in [0.2, 0.25) is 0 Å². The van der Waals surface area contributed by atoms with Crippen molar-refractivity contribution in [1.82, 2.24) is 0 Å². The van der Waals surface area contributed by atoms with Gasteiger partial charge in [-0.1, -0.05) is 160 Å². The monoisotopic (exact) mass is 914 g/mol. The molecule has 0 aliphatic heterocycles. The number of aliphatic carboxylic acids is 1. The fraction of sp³-hybridized carbons (Fsp3) is 0.500. The van der Waals surface area contributed by atoms with E-state index in [1.54, 1.807) is 36.5 Å². The van der Waals surface area contributed by atoms with Crippen molar-refractivity contribution in [3.8, 4) is 0 Å². The Balaban J connectivity index is 4.74. The lowest BCUT2D eigenvalue weighted by atomic mass is 10.2. The Morgan fingerprint density at radius 3 is 1.77 bits per heavy atom. The number of phosphoric acid groups is 1. The van der Waals surface area contributed by atoms with Crippen LogP contribution in [0.5, 0.6) is 0 Å². The maximum Gasteiger partial charge on any atom is 0.472 e. The highest BCUT2D eigenvalue weighted by Gasteiger charge is 2.28. The van der Waals surface area contributed by atoms with E-state index in [4.69, 9.17) is 24.8 Å². The molecule has 0 aliphatic carbocycles. The molecule has 5 atom stereocenters. The van der Waals surface area contributed by atoms with E-state index in [2.05, 4.69) is 54.0 Å². The van der Waals surface area contributed by atoms with Crippen molar-refractivity contribution in [2.24, 2.45) is 5.73 Å². The van der Waals surface area contributed by atoms with E-state index in [-0.39, 0.29) is 12.8 Å². The Labute approximate surface area is 382 Å². The summed E-state index contributed by atoms with van der Waals surface area (Å²) in [5.41, 5.74) is 5.32. The average molecular weight is 914 g/mol. The molecule has 0 heterocycles. The second kappa shape index (κ2) is 42.5. The van der Waals surface area contributed by atoms with Crippen LogP contribution in [0.4, 0.5) is 0 Å². The predicted octanol–water partition coefficient (Wildman–Crippen LogP) is 10.1. The van der Waals surface area contributed by atoms with Gasteiger partial charge in [0.05, 0.1) is 25.4 Å². The first-order valence-corrected chi connectivity index (χ1v) is 23.9. The Kier molecular flexibility index (Phi) is 39.5. The van der Waals surface area contributed by atoms with Crippen molar-refractivity contribution < 1.29 is 57.7 Å². The number of ether oxygens (including phenoxy) is 2. The fourth-order valence-corrected chi connectivity index (χ4v) is 5.80. The number of unbranched alkanes of at least 4 members (excludes halogenated alkanes) is 4. The Hall–Kier alpha value is -4.46. The second-order valence-electron chi connectivity index (χ2n) is 14.5. The predicted molar refractivity (Wildman–Crippen MR) is 256 cm³/mol. The number of aliphatic hydroxyl groups excluding tert-OH is 2. The van der Waals surface area contributed by atoms with Gasteiger partial charge in [0, 0.05) is 12.8 Å². The molecule has 0 rings (SSSR count). The van der Waals surface area contributed by atoms with Crippen molar-refractivity contribution >= 4 is 25.7 Å². The van der Waals surface area contributed by atoms with Gasteiger partial charge in [-0.15, -0.1) is 0 Å². The zero-order chi connectivity index (χ0) is 47.4. The zero-order valence-corrected chi connectivity index (χ0v) is 38.9. The summed E-state index contributed by atoms with van der Waals surface area (Å²) in [6.07, 6.45) is 51.8. The number of esters is 2. The highest BCUT2D eigenvalue weighted by atomic mass is 31.2. The van der Waals surface area contributed by atoms with Crippen LogP contribution in [0.3, 0.4) is 0 Å². The largest absolute Gasteiger partial charge is 0.480 e. The summed E-state index contributed by atoms with van der Waals surface area (Å²) >= 11 is 0. The molecule has 0 radical (unpaired) electrons. The van der Waals surface area contributed by atoms with Crippen LogP contribution in [-0.4, -0.2) is 82.3 Å². The molecule has 0 aromatic rings. The summed E-state index contributed by atoms with van der Waals surface area (Å²) in [7, 11) is -4.80. The van der Waals surface area contributed by atoms with Crippen LogP contribution in [0.25, 0.3) is 0 Å². The number of carbonyl (C=O) groups is 3. The number of nitrogens with two attached hydrogens (primary N) is 1. The molecule has 13 nitrogen and oxygen atoms in total. The van der Waals surface area contributed by atoms with Crippen molar-refractivity contribution in [3.63, 3.8) is 0 Å². The summed E-state index contributed by atoms with van der Waals surface area (Å²) < 4.78 is 32.5. The van der Waals surface area contributed by atoms with Gasteiger partial charge in [-0.3, -0.25) is 23.4 Å². The van der Waals surface area contributed by atoms with Crippen LogP contribution in [0.15, 0.2) is 134 Å². The molecule has 1 unspecified atom stereocenters. The molecule has 0 aromatic carbocycles. The van der Waals surface area contributed by atoms with E-state index in [0.29, 0.717) is 38.5 Å². The number of rotatable bonds is 39. The van der Waals surface area contributed by atoms with Gasteiger partial charge in [0.15, 0.2) is 6.10 Å². The molecule has 358 valence electrons. The van der Waals surface area contributed by atoms with Crippen molar-refractivity contribution in [3.05, 3.63) is 134 Å². The third-order valence-corrected chi connectivity index (χ3v) is 9.52. The standard InChI is InChI=1S/C50H76NO12P/c1-3-5-7-8-9-10-11-12-13-14-15-16-17-18-19-20-24-27-33-39-48(54)60-41-46(42-61-64(58,59)62-43-47(51)50(56)57)63-49(55)40-34-28-32-38-45(53)37-31-26-23-21-22-25-30-36-44(52)35-29-6-4-2/h6,9-10,12-13,15-16,18-19,22-27,29-32,36-38,44-47,52-53H,3-5,7-8,11,14,17,20-21,28,33-35,39-43,51H2,1-2H3,(H,56,57)(H,58,59)/b10-9-,13-12-,16-15-,19-18-,25-22-,26-23-,27-24-,29-6-,36-30+,37-31+,38-32-/t44-,45-,46+,47-/m0/s1. The summed E-state index contributed by atoms with van der Waals surface area (Å²) in [6.45, 7) is 2.29. The number of carboxylic acid groups (broad SMARTS) is 1. The van der Waals surface area contributed by atoms with Gasteiger partial charge in [0.1, 0.15) is 12.6 Å². The first-order valence-electron chi connectivity index (χ1n) is 22.4. The number of aliphatic hydroxyl groups is 2. The van der Waals surface area contributed by atoms with Crippen molar-refractivity contribution in [1.29, 1.82) is 0 Å². The lowest BCUT2D eigenvalue weighted by Crippen LogP contribution is -2.34. The van der Waals surface area contributed by atoms with Gasteiger partial charge in [0.25, 0.3) is 0 Å². The summed E-state index contributed by atoms with van der Waals surface area (Å²) in [5.74, 6) is -2.72. The van der Waals surface area contributed by atoms with Crippen LogP contribution in [0.2, 0.25) is 0 Å². The highest BCUT2D eigenvalue weighted by Crippen LogP contribution is 2.43. The van der Waals surface area contributed by atoms with E-state index in [1.165, 1.54) is 19.3 Å². The third kappa shape index (κ3) is 41.5. The Morgan fingerprint density at radius 2 is 1.16 bits per heavy atom. The van der Waals surface area contributed by atoms with E-state index >= 15 is 0 Å². The zero-order valence-electron chi connectivity index (χ0n) is 38.0. The topological polar surface area (TPSA) is 212 Å². The molecule has 0 aromatic heterocycles. The van der Waals surface area contributed by atoms with Gasteiger partial charge in [-0.2, -0.15) is 0 Å². The molecule has 14 heteroatoms. The maximum absolute atomic E-state index is 12.6. The van der Waals surface area contributed by atoms with Gasteiger partial charge in [-0.25, -0.2) is 4.57 Å². The van der Waals surface area contributed by atoms with E-state index in [9.17, 15) is 34.1 Å². The summed E-state index contributed by atoms with van der Waals surface area (Å²) in [4.78, 5) is 46.0. The summed E-state index contributed by atoms with van der Waals surface area (Å²) in [5, 5.41) is 28.9. The van der Waals surface area contributed by atoms with Crippen LogP contribution in [0, 0.1) is 0 Å². The van der Waals surface area contributed by atoms with Crippen LogP contribution in [0.1, 0.15) is 117 Å². The van der Waals surface area contributed by atoms with E-state index < -0.39 is 69.9 Å². The first kappa shape index (κ1) is 59.5. The molecule has 0 amide bonds. The number of hydrogen-bond donors (Lipinski definition) is 5. The maximum atomic E-state index is 12.6. The Morgan fingerprint density at radius 1 is 0.594 bits per heavy atom. The molecule has 0 spiro atoms. The molecule has 0 saturated heterocycles. The third-order valence-electron chi connectivity index (χ3n) is 8.57. The number of hydrogen-bond acceptors (Lipinski definition) is 11. The number of carbonyl (C=O) groups excluding carboxylic acids is 2. The van der Waals surface area contributed by atoms with Crippen LogP contribution < -0.4 is 5.73 Å². The average Bonchev–Trinajstić information content (AvgIpc) is 3.26. The minimum absolute atomic E-state index is 0.0460. The summed E-state index contributed by atoms with van der Waals surface area (Å²) in [6, 6.07) is -1.57. The van der Waals surface area contributed by atoms with Crippen molar-refractivity contribution in [2.45, 2.75) is 141 Å². The quantitative estimate of drug-likeness (QED) is 0.0128. The highest BCUT2D eigenvalue weighted by molar-refractivity contribution is 7.47. The van der Waals surface area contributed by atoms with Gasteiger partial charge >= 0.3 is 25.7 Å². The fourth-order valence-electron chi connectivity index (χ4n) is 5.02. The van der Waals surface area contributed by atoms with Gasteiger partial charge < -0.3 is 35.4 Å². The van der Waals surface area contributed by atoms with E-state index in [1.807, 2.05) is 61.6 Å².